The zero-order valence-corrected chi connectivity index (χ0v) is 19.8. The van der Waals surface area contributed by atoms with Crippen LogP contribution in [-0.2, 0) is 6.61 Å². The van der Waals surface area contributed by atoms with Crippen molar-refractivity contribution in [3.63, 3.8) is 0 Å². The van der Waals surface area contributed by atoms with E-state index in [2.05, 4.69) is 4.90 Å². The number of phenolic OH excluding ortho intramolecular Hbond substituents is 1. The molecule has 1 heterocycles. The quantitative estimate of drug-likeness (QED) is 0.314. The first kappa shape index (κ1) is 23.2. The Kier molecular flexibility index (Phi) is 7.17. The van der Waals surface area contributed by atoms with Crippen LogP contribution in [0.15, 0.2) is 78.9 Å². The molecule has 5 heteroatoms. The van der Waals surface area contributed by atoms with E-state index in [9.17, 15) is 10.2 Å². The number of benzene rings is 4. The zero-order valence-electron chi connectivity index (χ0n) is 19.8. The van der Waals surface area contributed by atoms with E-state index in [4.69, 9.17) is 9.47 Å². The second kappa shape index (κ2) is 10.8. The highest BCUT2D eigenvalue weighted by molar-refractivity contribution is 5.96. The Labute approximate surface area is 206 Å². The molecule has 0 atom stereocenters. The molecule has 4 aromatic carbocycles. The summed E-state index contributed by atoms with van der Waals surface area (Å²) >= 11 is 0. The van der Waals surface area contributed by atoms with Crippen LogP contribution >= 0.6 is 0 Å². The van der Waals surface area contributed by atoms with Gasteiger partial charge in [-0.15, -0.1) is 0 Å². The van der Waals surface area contributed by atoms with Crippen molar-refractivity contribution in [2.24, 2.45) is 0 Å². The van der Waals surface area contributed by atoms with Crippen LogP contribution in [-0.4, -0.2) is 41.4 Å². The second-order valence-electron chi connectivity index (χ2n) is 9.03. The third-order valence-corrected chi connectivity index (χ3v) is 6.57. The summed E-state index contributed by atoms with van der Waals surface area (Å²) in [6.45, 7) is 3.99. The number of nitrogens with zero attached hydrogens (tertiary/aromatic N) is 1. The number of rotatable bonds is 8. The fourth-order valence-corrected chi connectivity index (χ4v) is 4.61. The standard InChI is InChI=1S/C30H31NO4/c32-21-22-4-6-23(7-5-22)28-14-8-24-20-25(33)9-15-29(24)30(28)35-27-12-10-26(11-13-27)34-19-18-31-16-2-1-3-17-31/h4-15,20,32-33H,1-3,16-19,21H2. The summed E-state index contributed by atoms with van der Waals surface area (Å²) in [5.74, 6) is 2.48. The van der Waals surface area contributed by atoms with Gasteiger partial charge in [-0.2, -0.15) is 0 Å². The van der Waals surface area contributed by atoms with Gasteiger partial charge in [-0.3, -0.25) is 4.90 Å². The van der Waals surface area contributed by atoms with E-state index in [1.54, 1.807) is 12.1 Å². The van der Waals surface area contributed by atoms with Crippen LogP contribution in [0.3, 0.4) is 0 Å². The molecule has 0 bridgehead atoms. The zero-order chi connectivity index (χ0) is 24.0. The van der Waals surface area contributed by atoms with E-state index >= 15 is 0 Å². The molecule has 0 aromatic heterocycles. The maximum Gasteiger partial charge on any atom is 0.143 e. The van der Waals surface area contributed by atoms with Gasteiger partial charge in [0.05, 0.1) is 6.61 Å². The normalized spacial score (nSPS) is 14.2. The molecule has 180 valence electrons. The number of piperidine rings is 1. The van der Waals surface area contributed by atoms with Gasteiger partial charge in [0.2, 0.25) is 0 Å². The van der Waals surface area contributed by atoms with E-state index in [1.807, 2.05) is 66.7 Å². The van der Waals surface area contributed by atoms with E-state index in [0.29, 0.717) is 12.4 Å². The summed E-state index contributed by atoms with van der Waals surface area (Å²) < 4.78 is 12.4. The summed E-state index contributed by atoms with van der Waals surface area (Å²) in [5, 5.41) is 21.2. The molecule has 4 aromatic rings. The predicted octanol–water partition coefficient (Wildman–Crippen LogP) is 6.36. The number of hydrogen-bond acceptors (Lipinski definition) is 5. The van der Waals surface area contributed by atoms with Crippen molar-refractivity contribution in [3.8, 4) is 34.1 Å². The van der Waals surface area contributed by atoms with Gasteiger partial charge in [0.1, 0.15) is 29.6 Å². The minimum atomic E-state index is 0.00703. The smallest absolute Gasteiger partial charge is 0.143 e. The Morgan fingerprint density at radius 1 is 0.771 bits per heavy atom. The van der Waals surface area contributed by atoms with Gasteiger partial charge in [0.25, 0.3) is 0 Å². The van der Waals surface area contributed by atoms with Crippen LogP contribution in [0.5, 0.6) is 23.0 Å². The summed E-state index contributed by atoms with van der Waals surface area (Å²) in [6.07, 6.45) is 3.91. The fourth-order valence-electron chi connectivity index (χ4n) is 4.61. The summed E-state index contributed by atoms with van der Waals surface area (Å²) in [4.78, 5) is 2.47. The first-order valence-corrected chi connectivity index (χ1v) is 12.3. The number of likely N-dealkylation sites (tertiary alicyclic amines) is 1. The number of ether oxygens (including phenoxy) is 2. The molecule has 0 radical (unpaired) electrons. The highest BCUT2D eigenvalue weighted by atomic mass is 16.5. The molecular formula is C30H31NO4. The van der Waals surface area contributed by atoms with Crippen LogP contribution in [0.1, 0.15) is 24.8 Å². The van der Waals surface area contributed by atoms with Crippen LogP contribution in [0.2, 0.25) is 0 Å². The van der Waals surface area contributed by atoms with Crippen LogP contribution in [0.25, 0.3) is 21.9 Å². The maximum atomic E-state index is 9.96. The van der Waals surface area contributed by atoms with E-state index in [-0.39, 0.29) is 12.4 Å². The van der Waals surface area contributed by atoms with Crippen molar-refractivity contribution in [3.05, 3.63) is 84.4 Å². The lowest BCUT2D eigenvalue weighted by atomic mass is 9.98. The summed E-state index contributed by atoms with van der Waals surface area (Å²) in [5.41, 5.74) is 2.79. The molecule has 35 heavy (non-hydrogen) atoms. The maximum absolute atomic E-state index is 9.96. The predicted molar refractivity (Wildman–Crippen MR) is 139 cm³/mol. The van der Waals surface area contributed by atoms with Gasteiger partial charge in [0, 0.05) is 17.5 Å². The van der Waals surface area contributed by atoms with Crippen molar-refractivity contribution in [2.75, 3.05) is 26.2 Å². The Morgan fingerprint density at radius 2 is 1.51 bits per heavy atom. The molecular weight excluding hydrogens is 438 g/mol. The monoisotopic (exact) mass is 469 g/mol. The number of hydrogen-bond donors (Lipinski definition) is 2. The minimum Gasteiger partial charge on any atom is -0.508 e. The molecule has 1 aliphatic rings. The molecule has 1 fully saturated rings. The summed E-state index contributed by atoms with van der Waals surface area (Å²) in [7, 11) is 0. The lowest BCUT2D eigenvalue weighted by Crippen LogP contribution is -2.33. The van der Waals surface area contributed by atoms with E-state index in [1.165, 1.54) is 32.4 Å². The minimum absolute atomic E-state index is 0.00703. The number of phenols is 1. The van der Waals surface area contributed by atoms with Gasteiger partial charge in [-0.1, -0.05) is 36.8 Å². The topological polar surface area (TPSA) is 62.2 Å². The number of aliphatic hydroxyl groups is 1. The number of aromatic hydroxyl groups is 1. The lowest BCUT2D eigenvalue weighted by Gasteiger charge is -2.26. The van der Waals surface area contributed by atoms with E-state index in [0.717, 1.165) is 45.5 Å². The molecule has 2 N–H and O–H groups in total. The van der Waals surface area contributed by atoms with Gasteiger partial charge in [-0.05, 0) is 91.0 Å². The Bertz CT molecular complexity index is 1260. The molecule has 0 spiro atoms. The third kappa shape index (κ3) is 5.59. The number of aliphatic hydroxyl groups excluding tert-OH is 1. The van der Waals surface area contributed by atoms with Crippen molar-refractivity contribution < 1.29 is 19.7 Å². The first-order valence-electron chi connectivity index (χ1n) is 12.3. The van der Waals surface area contributed by atoms with Crippen molar-refractivity contribution in [1.82, 2.24) is 4.90 Å². The largest absolute Gasteiger partial charge is 0.508 e. The third-order valence-electron chi connectivity index (χ3n) is 6.57. The van der Waals surface area contributed by atoms with Gasteiger partial charge in [0.15, 0.2) is 0 Å². The molecule has 5 rings (SSSR count). The van der Waals surface area contributed by atoms with Crippen LogP contribution < -0.4 is 9.47 Å². The summed E-state index contributed by atoms with van der Waals surface area (Å²) in [6, 6.07) is 24.8. The Balaban J connectivity index is 1.37. The van der Waals surface area contributed by atoms with Crippen molar-refractivity contribution in [2.45, 2.75) is 25.9 Å². The molecule has 5 nitrogen and oxygen atoms in total. The highest BCUT2D eigenvalue weighted by Gasteiger charge is 2.14. The molecule has 0 aliphatic carbocycles. The highest BCUT2D eigenvalue weighted by Crippen LogP contribution is 2.40. The second-order valence-corrected chi connectivity index (χ2v) is 9.03. The van der Waals surface area contributed by atoms with Crippen LogP contribution in [0.4, 0.5) is 0 Å². The molecule has 0 saturated carbocycles. The lowest BCUT2D eigenvalue weighted by molar-refractivity contribution is 0.183. The average molecular weight is 470 g/mol. The number of fused-ring (bicyclic) bond motifs is 1. The van der Waals surface area contributed by atoms with Gasteiger partial charge >= 0.3 is 0 Å². The average Bonchev–Trinajstić information content (AvgIpc) is 2.90. The van der Waals surface area contributed by atoms with Crippen LogP contribution in [0, 0.1) is 0 Å². The first-order chi connectivity index (χ1) is 17.2. The molecule has 1 aliphatic heterocycles. The fraction of sp³-hybridized carbons (Fsp3) is 0.267. The van der Waals surface area contributed by atoms with Crippen molar-refractivity contribution >= 4 is 10.8 Å². The Hall–Kier alpha value is -3.54. The molecule has 1 saturated heterocycles. The Morgan fingerprint density at radius 3 is 2.26 bits per heavy atom. The van der Waals surface area contributed by atoms with Crippen molar-refractivity contribution in [1.29, 1.82) is 0 Å². The molecule has 0 unspecified atom stereocenters. The van der Waals surface area contributed by atoms with Gasteiger partial charge < -0.3 is 19.7 Å². The SMILES string of the molecule is OCc1ccc(-c2ccc3cc(O)ccc3c2Oc2ccc(OCCN3CCCCC3)cc2)cc1. The molecule has 0 amide bonds. The van der Waals surface area contributed by atoms with E-state index < -0.39 is 0 Å². The van der Waals surface area contributed by atoms with Gasteiger partial charge in [-0.25, -0.2) is 0 Å².